The van der Waals surface area contributed by atoms with Crippen LogP contribution < -0.4 is 5.32 Å². The zero-order chi connectivity index (χ0) is 13.5. The highest BCUT2D eigenvalue weighted by Crippen LogP contribution is 2.20. The summed E-state index contributed by atoms with van der Waals surface area (Å²) in [5.74, 6) is 0. The van der Waals surface area contributed by atoms with E-state index in [1.165, 1.54) is 19.3 Å². The summed E-state index contributed by atoms with van der Waals surface area (Å²) >= 11 is 0. The molecule has 19 heavy (non-hydrogen) atoms. The van der Waals surface area contributed by atoms with Crippen molar-refractivity contribution < 1.29 is 20.4 Å². The first-order chi connectivity index (χ1) is 8.61. The van der Waals surface area contributed by atoms with Crippen LogP contribution in [-0.2, 0) is 0 Å². The maximum Gasteiger partial charge on any atom is 0.0993 e. The van der Waals surface area contributed by atoms with Gasteiger partial charge in [0.25, 0.3) is 0 Å². The van der Waals surface area contributed by atoms with Gasteiger partial charge in [-0.3, -0.25) is 0 Å². The number of unbranched alkanes of at least 4 members (excludes halogenated alkanes) is 4. The zero-order valence-corrected chi connectivity index (χ0v) is 12.4. The third-order valence-corrected chi connectivity index (χ3v) is 3.75. The highest BCUT2D eigenvalue weighted by molar-refractivity contribution is 5.85. The molecule has 6 heteroatoms. The molecule has 0 spiro atoms. The van der Waals surface area contributed by atoms with E-state index in [9.17, 15) is 15.3 Å². The molecule has 5 N–H and O–H groups in total. The van der Waals surface area contributed by atoms with E-state index in [1.807, 2.05) is 0 Å². The molecule has 5 atom stereocenters. The van der Waals surface area contributed by atoms with Crippen molar-refractivity contribution in [2.45, 2.75) is 75.8 Å². The fraction of sp³-hybridized carbons (Fsp3) is 1.00. The second kappa shape index (κ2) is 9.91. The van der Waals surface area contributed by atoms with Crippen molar-refractivity contribution in [2.24, 2.45) is 0 Å². The predicted molar refractivity (Wildman–Crippen MR) is 76.4 cm³/mol. The number of rotatable bonds is 8. The van der Waals surface area contributed by atoms with Crippen molar-refractivity contribution in [3.05, 3.63) is 0 Å². The minimum Gasteiger partial charge on any atom is -0.395 e. The van der Waals surface area contributed by atoms with Gasteiger partial charge in [0.2, 0.25) is 0 Å². The molecule has 0 radical (unpaired) electrons. The van der Waals surface area contributed by atoms with E-state index in [0.717, 1.165) is 12.8 Å². The average molecular weight is 298 g/mol. The number of hydrogen-bond donors (Lipinski definition) is 5. The standard InChI is InChI=1S/C13H27NO4.ClH/c1-2-3-4-5-6-7-10(16)11-13(18)12(17)9(8-15)14-11;/h9-18H,2-8H2,1H3;1H/t9-,10-,11-,12-,13-;/m1./s1. The monoisotopic (exact) mass is 297 g/mol. The Balaban J connectivity index is 0.00000324. The molecule has 0 saturated carbocycles. The van der Waals surface area contributed by atoms with Crippen LogP contribution in [0.2, 0.25) is 0 Å². The third kappa shape index (κ3) is 5.53. The van der Waals surface area contributed by atoms with Crippen LogP contribution in [0.1, 0.15) is 45.4 Å². The molecule has 1 aliphatic heterocycles. The maximum atomic E-state index is 9.99. The quantitative estimate of drug-likeness (QED) is 0.412. The van der Waals surface area contributed by atoms with Crippen molar-refractivity contribution >= 4 is 12.4 Å². The van der Waals surface area contributed by atoms with Crippen LogP contribution in [0.5, 0.6) is 0 Å². The Kier molecular flexibility index (Phi) is 9.96. The molecule has 0 amide bonds. The maximum absolute atomic E-state index is 9.99. The summed E-state index contributed by atoms with van der Waals surface area (Å²) in [6.07, 6.45) is 3.51. The van der Waals surface area contributed by atoms with Crippen LogP contribution in [-0.4, -0.2) is 57.4 Å². The van der Waals surface area contributed by atoms with E-state index < -0.39 is 30.4 Å². The molecular formula is C13H28ClNO4. The summed E-state index contributed by atoms with van der Waals surface area (Å²) in [6.45, 7) is 1.92. The summed E-state index contributed by atoms with van der Waals surface area (Å²) in [7, 11) is 0. The first kappa shape index (κ1) is 19.1. The van der Waals surface area contributed by atoms with Crippen molar-refractivity contribution in [1.82, 2.24) is 5.32 Å². The summed E-state index contributed by atoms with van der Waals surface area (Å²) in [4.78, 5) is 0. The fourth-order valence-corrected chi connectivity index (χ4v) is 2.53. The summed E-state index contributed by atoms with van der Waals surface area (Å²) in [5, 5.41) is 41.3. The van der Waals surface area contributed by atoms with Crippen LogP contribution >= 0.6 is 12.4 Å². The van der Waals surface area contributed by atoms with Gasteiger partial charge in [0.15, 0.2) is 0 Å². The lowest BCUT2D eigenvalue weighted by molar-refractivity contribution is -0.00443. The molecule has 1 saturated heterocycles. The van der Waals surface area contributed by atoms with Crippen molar-refractivity contribution in [2.75, 3.05) is 6.61 Å². The van der Waals surface area contributed by atoms with Crippen molar-refractivity contribution in [3.63, 3.8) is 0 Å². The summed E-state index contributed by atoms with van der Waals surface area (Å²) in [6, 6.07) is -1.08. The van der Waals surface area contributed by atoms with Gasteiger partial charge in [0.05, 0.1) is 37.0 Å². The number of aliphatic hydroxyl groups is 4. The summed E-state index contributed by atoms with van der Waals surface area (Å²) < 4.78 is 0. The second-order valence-electron chi connectivity index (χ2n) is 5.23. The molecule has 0 aromatic carbocycles. The molecule has 0 bridgehead atoms. The smallest absolute Gasteiger partial charge is 0.0993 e. The number of halogens is 1. The molecule has 116 valence electrons. The predicted octanol–water partition coefficient (Wildman–Crippen LogP) is 0.184. The minimum absolute atomic E-state index is 0. The van der Waals surface area contributed by atoms with Crippen LogP contribution in [0.3, 0.4) is 0 Å². The van der Waals surface area contributed by atoms with E-state index in [0.29, 0.717) is 6.42 Å². The van der Waals surface area contributed by atoms with Gasteiger partial charge in [-0.15, -0.1) is 12.4 Å². The molecule has 1 heterocycles. The van der Waals surface area contributed by atoms with E-state index in [-0.39, 0.29) is 19.0 Å². The van der Waals surface area contributed by atoms with Crippen molar-refractivity contribution in [1.29, 1.82) is 0 Å². The molecule has 5 nitrogen and oxygen atoms in total. The highest BCUT2D eigenvalue weighted by atomic mass is 35.5. The first-order valence-corrected chi connectivity index (χ1v) is 7.03. The lowest BCUT2D eigenvalue weighted by Gasteiger charge is -2.22. The molecule has 0 unspecified atom stereocenters. The number of aliphatic hydroxyl groups excluding tert-OH is 4. The van der Waals surface area contributed by atoms with Gasteiger partial charge in [-0.2, -0.15) is 0 Å². The molecular weight excluding hydrogens is 270 g/mol. The molecule has 1 aliphatic rings. The highest BCUT2D eigenvalue weighted by Gasteiger charge is 2.43. The Morgan fingerprint density at radius 3 is 2.21 bits per heavy atom. The van der Waals surface area contributed by atoms with Gasteiger partial charge < -0.3 is 25.7 Å². The summed E-state index contributed by atoms with van der Waals surface area (Å²) in [5.41, 5.74) is 0. The Morgan fingerprint density at radius 1 is 1.05 bits per heavy atom. The minimum atomic E-state index is -1.01. The molecule has 1 rings (SSSR count). The van der Waals surface area contributed by atoms with Gasteiger partial charge in [0.1, 0.15) is 0 Å². The molecule has 0 aromatic heterocycles. The molecule has 0 aromatic rings. The van der Waals surface area contributed by atoms with Gasteiger partial charge in [-0.05, 0) is 6.42 Å². The van der Waals surface area contributed by atoms with Gasteiger partial charge in [-0.25, -0.2) is 0 Å². The Morgan fingerprint density at radius 2 is 1.68 bits per heavy atom. The number of nitrogens with one attached hydrogen (secondary N) is 1. The van der Waals surface area contributed by atoms with E-state index in [2.05, 4.69) is 12.2 Å². The largest absolute Gasteiger partial charge is 0.395 e. The molecule has 1 fully saturated rings. The number of hydrogen-bond acceptors (Lipinski definition) is 5. The average Bonchev–Trinajstić information content (AvgIpc) is 2.65. The molecule has 0 aliphatic carbocycles. The third-order valence-electron chi connectivity index (χ3n) is 3.75. The lowest BCUT2D eigenvalue weighted by atomic mass is 9.99. The Labute approximate surface area is 121 Å². The van der Waals surface area contributed by atoms with Crippen LogP contribution in [0.4, 0.5) is 0 Å². The topological polar surface area (TPSA) is 93.0 Å². The second-order valence-corrected chi connectivity index (χ2v) is 5.23. The van der Waals surface area contributed by atoms with Gasteiger partial charge in [0, 0.05) is 0 Å². The van der Waals surface area contributed by atoms with Gasteiger partial charge in [-0.1, -0.05) is 39.0 Å². The Bertz CT molecular complexity index is 233. The normalized spacial score (nSPS) is 32.1. The SMILES string of the molecule is CCCCCCC[C@@H](O)[C@H]1N[C@H](CO)[C@@H](O)[C@@H]1O.Cl. The van der Waals surface area contributed by atoms with Crippen molar-refractivity contribution in [3.8, 4) is 0 Å². The van der Waals surface area contributed by atoms with E-state index in [1.54, 1.807) is 0 Å². The first-order valence-electron chi connectivity index (χ1n) is 7.03. The van der Waals surface area contributed by atoms with E-state index >= 15 is 0 Å². The van der Waals surface area contributed by atoms with Crippen LogP contribution in [0.15, 0.2) is 0 Å². The van der Waals surface area contributed by atoms with Gasteiger partial charge >= 0.3 is 0 Å². The Hall–Kier alpha value is 0.0900. The van der Waals surface area contributed by atoms with Crippen LogP contribution in [0.25, 0.3) is 0 Å². The fourth-order valence-electron chi connectivity index (χ4n) is 2.53. The van der Waals surface area contributed by atoms with E-state index in [4.69, 9.17) is 5.11 Å². The van der Waals surface area contributed by atoms with Crippen LogP contribution in [0, 0.1) is 0 Å². The lowest BCUT2D eigenvalue weighted by Crippen LogP contribution is -2.44. The zero-order valence-electron chi connectivity index (χ0n) is 11.5.